The van der Waals surface area contributed by atoms with Gasteiger partial charge in [-0.05, 0) is 18.9 Å². The number of Topliss-reactive ketones (excluding diaryl/α,β-unsaturated/α-hetero) is 1. The van der Waals surface area contributed by atoms with Crippen molar-refractivity contribution in [2.24, 2.45) is 5.41 Å². The van der Waals surface area contributed by atoms with Gasteiger partial charge >= 0.3 is 0 Å². The molecule has 3 heteroatoms. The molecule has 0 aromatic heterocycles. The first kappa shape index (κ1) is 12.6. The molecule has 0 heterocycles. The number of ketones is 2. The number of carbonyl (C=O) groups is 2. The Morgan fingerprint density at radius 3 is 2.28 bits per heavy atom. The SMILES string of the molecule is CN(C)/C=C/C(=O)C1(C(=O)c2ccccc2)CC1. The van der Waals surface area contributed by atoms with E-state index >= 15 is 0 Å². The van der Waals surface area contributed by atoms with Crippen LogP contribution in [0, 0.1) is 5.41 Å². The molecule has 0 atom stereocenters. The van der Waals surface area contributed by atoms with E-state index in [2.05, 4.69) is 0 Å². The van der Waals surface area contributed by atoms with Crippen molar-refractivity contribution in [2.75, 3.05) is 14.1 Å². The molecular formula is C15H17NO2. The molecule has 0 N–H and O–H groups in total. The van der Waals surface area contributed by atoms with Crippen LogP contribution in [-0.4, -0.2) is 30.6 Å². The van der Waals surface area contributed by atoms with Crippen molar-refractivity contribution in [3.05, 3.63) is 48.2 Å². The number of allylic oxidation sites excluding steroid dienone is 1. The number of benzene rings is 1. The largest absolute Gasteiger partial charge is 0.383 e. The van der Waals surface area contributed by atoms with Crippen LogP contribution in [0.5, 0.6) is 0 Å². The normalized spacial score (nSPS) is 16.6. The van der Waals surface area contributed by atoms with Crippen LogP contribution >= 0.6 is 0 Å². The molecular weight excluding hydrogens is 226 g/mol. The van der Waals surface area contributed by atoms with Crippen LogP contribution in [0.1, 0.15) is 23.2 Å². The fourth-order valence-electron chi connectivity index (χ4n) is 1.95. The Balaban J connectivity index is 2.18. The molecule has 3 nitrogen and oxygen atoms in total. The molecule has 1 aliphatic carbocycles. The minimum absolute atomic E-state index is 0.0449. The standard InChI is InChI=1S/C15H17NO2/c1-16(2)11-8-13(17)15(9-10-15)14(18)12-6-4-3-5-7-12/h3-8,11H,9-10H2,1-2H3/b11-8+. The van der Waals surface area contributed by atoms with Crippen molar-refractivity contribution in [3.63, 3.8) is 0 Å². The van der Waals surface area contributed by atoms with E-state index in [9.17, 15) is 9.59 Å². The highest BCUT2D eigenvalue weighted by Gasteiger charge is 2.54. The molecule has 0 radical (unpaired) electrons. The number of nitrogens with zero attached hydrogens (tertiary/aromatic N) is 1. The van der Waals surface area contributed by atoms with Gasteiger partial charge in [0.25, 0.3) is 0 Å². The van der Waals surface area contributed by atoms with E-state index < -0.39 is 5.41 Å². The number of hydrogen-bond donors (Lipinski definition) is 0. The lowest BCUT2D eigenvalue weighted by molar-refractivity contribution is -0.117. The number of rotatable bonds is 5. The minimum Gasteiger partial charge on any atom is -0.383 e. The van der Waals surface area contributed by atoms with E-state index in [-0.39, 0.29) is 11.6 Å². The van der Waals surface area contributed by atoms with Gasteiger partial charge in [-0.2, -0.15) is 0 Å². The molecule has 1 aliphatic rings. The van der Waals surface area contributed by atoms with Crippen molar-refractivity contribution in [2.45, 2.75) is 12.8 Å². The Labute approximate surface area is 107 Å². The van der Waals surface area contributed by atoms with Gasteiger partial charge in [0, 0.05) is 25.9 Å². The van der Waals surface area contributed by atoms with Crippen LogP contribution in [0.2, 0.25) is 0 Å². The van der Waals surface area contributed by atoms with Crippen LogP contribution in [0.4, 0.5) is 0 Å². The molecule has 0 amide bonds. The highest BCUT2D eigenvalue weighted by Crippen LogP contribution is 2.49. The maximum Gasteiger partial charge on any atom is 0.176 e. The van der Waals surface area contributed by atoms with Crippen LogP contribution in [0.25, 0.3) is 0 Å². The third-order valence-corrected chi connectivity index (χ3v) is 3.22. The first-order chi connectivity index (χ1) is 8.56. The van der Waals surface area contributed by atoms with Gasteiger partial charge in [0.1, 0.15) is 0 Å². The van der Waals surface area contributed by atoms with Crippen molar-refractivity contribution in [1.29, 1.82) is 0 Å². The predicted octanol–water partition coefficient (Wildman–Crippen LogP) is 2.29. The maximum atomic E-state index is 12.3. The monoisotopic (exact) mass is 243 g/mol. The molecule has 2 rings (SSSR count). The van der Waals surface area contributed by atoms with Gasteiger partial charge in [-0.15, -0.1) is 0 Å². The van der Waals surface area contributed by atoms with Crippen molar-refractivity contribution < 1.29 is 9.59 Å². The third kappa shape index (κ3) is 2.35. The zero-order chi connectivity index (χ0) is 13.2. The predicted molar refractivity (Wildman–Crippen MR) is 70.3 cm³/mol. The van der Waals surface area contributed by atoms with Gasteiger partial charge in [0.15, 0.2) is 11.6 Å². The first-order valence-electron chi connectivity index (χ1n) is 6.05. The lowest BCUT2D eigenvalue weighted by Crippen LogP contribution is -2.25. The van der Waals surface area contributed by atoms with E-state index in [0.717, 1.165) is 0 Å². The Bertz CT molecular complexity index is 484. The smallest absolute Gasteiger partial charge is 0.176 e. The molecule has 0 unspecified atom stereocenters. The van der Waals surface area contributed by atoms with Crippen molar-refractivity contribution >= 4 is 11.6 Å². The highest BCUT2D eigenvalue weighted by molar-refractivity contribution is 6.19. The maximum absolute atomic E-state index is 12.3. The average Bonchev–Trinajstić information content (AvgIpc) is 3.17. The summed E-state index contributed by atoms with van der Waals surface area (Å²) in [6.07, 6.45) is 4.53. The van der Waals surface area contributed by atoms with E-state index in [0.29, 0.717) is 18.4 Å². The molecule has 0 aliphatic heterocycles. The highest BCUT2D eigenvalue weighted by atomic mass is 16.2. The van der Waals surface area contributed by atoms with E-state index in [1.807, 2.05) is 32.3 Å². The van der Waals surface area contributed by atoms with Crippen LogP contribution in [-0.2, 0) is 4.79 Å². The topological polar surface area (TPSA) is 37.4 Å². The minimum atomic E-state index is -0.784. The average molecular weight is 243 g/mol. The summed E-state index contributed by atoms with van der Waals surface area (Å²) in [4.78, 5) is 26.3. The van der Waals surface area contributed by atoms with Gasteiger partial charge in [0.05, 0.1) is 5.41 Å². The number of hydrogen-bond acceptors (Lipinski definition) is 3. The summed E-state index contributed by atoms with van der Waals surface area (Å²) in [5.74, 6) is -0.124. The molecule has 1 fully saturated rings. The Kier molecular flexibility index (Phi) is 3.32. The Morgan fingerprint density at radius 2 is 1.78 bits per heavy atom. The van der Waals surface area contributed by atoms with Gasteiger partial charge in [-0.3, -0.25) is 9.59 Å². The van der Waals surface area contributed by atoms with Gasteiger partial charge in [-0.1, -0.05) is 30.3 Å². The molecule has 1 aromatic carbocycles. The van der Waals surface area contributed by atoms with Crippen LogP contribution < -0.4 is 0 Å². The third-order valence-electron chi connectivity index (χ3n) is 3.22. The fraction of sp³-hybridized carbons (Fsp3) is 0.333. The number of carbonyl (C=O) groups excluding carboxylic acids is 2. The molecule has 0 saturated heterocycles. The molecule has 1 saturated carbocycles. The lowest BCUT2D eigenvalue weighted by atomic mass is 9.90. The summed E-state index contributed by atoms with van der Waals surface area (Å²) >= 11 is 0. The van der Waals surface area contributed by atoms with Crippen molar-refractivity contribution in [1.82, 2.24) is 4.90 Å². The van der Waals surface area contributed by atoms with Crippen LogP contribution in [0.3, 0.4) is 0 Å². The second-order valence-corrected chi connectivity index (χ2v) is 4.92. The molecule has 1 aromatic rings. The quantitative estimate of drug-likeness (QED) is 0.452. The Hall–Kier alpha value is -1.90. The van der Waals surface area contributed by atoms with Crippen LogP contribution in [0.15, 0.2) is 42.6 Å². The molecule has 18 heavy (non-hydrogen) atoms. The van der Waals surface area contributed by atoms with Gasteiger partial charge < -0.3 is 4.90 Å². The lowest BCUT2D eigenvalue weighted by Gasteiger charge is -2.11. The fourth-order valence-corrected chi connectivity index (χ4v) is 1.95. The molecule has 0 bridgehead atoms. The summed E-state index contributed by atoms with van der Waals surface area (Å²) in [6, 6.07) is 9.05. The van der Waals surface area contributed by atoms with E-state index in [4.69, 9.17) is 0 Å². The Morgan fingerprint density at radius 1 is 1.17 bits per heavy atom. The molecule has 94 valence electrons. The second-order valence-electron chi connectivity index (χ2n) is 4.92. The van der Waals surface area contributed by atoms with E-state index in [1.165, 1.54) is 6.08 Å². The summed E-state index contributed by atoms with van der Waals surface area (Å²) < 4.78 is 0. The summed E-state index contributed by atoms with van der Waals surface area (Å²) in [7, 11) is 3.70. The van der Waals surface area contributed by atoms with Crippen molar-refractivity contribution in [3.8, 4) is 0 Å². The summed E-state index contributed by atoms with van der Waals surface area (Å²) in [5, 5.41) is 0. The molecule has 0 spiro atoms. The summed E-state index contributed by atoms with van der Waals surface area (Å²) in [6.45, 7) is 0. The second kappa shape index (κ2) is 4.77. The van der Waals surface area contributed by atoms with E-state index in [1.54, 1.807) is 23.2 Å². The first-order valence-corrected chi connectivity index (χ1v) is 6.05. The van der Waals surface area contributed by atoms with Gasteiger partial charge in [0.2, 0.25) is 0 Å². The van der Waals surface area contributed by atoms with Gasteiger partial charge in [-0.25, -0.2) is 0 Å². The summed E-state index contributed by atoms with van der Waals surface area (Å²) in [5.41, 5.74) is -0.157. The zero-order valence-corrected chi connectivity index (χ0v) is 10.7. The zero-order valence-electron chi connectivity index (χ0n) is 10.7.